The van der Waals surface area contributed by atoms with Crippen LogP contribution in [0.25, 0.3) is 0 Å². The number of aliphatic carboxylic acids is 1. The molecule has 0 radical (unpaired) electrons. The zero-order valence-electron chi connectivity index (χ0n) is 11.4. The van der Waals surface area contributed by atoms with Crippen LogP contribution in [0.15, 0.2) is 18.2 Å². The number of hydrogen-bond donors (Lipinski definition) is 2. The van der Waals surface area contributed by atoms with Gasteiger partial charge in [0.25, 0.3) is 5.91 Å². The van der Waals surface area contributed by atoms with Crippen molar-refractivity contribution >= 4 is 11.9 Å². The molecular formula is C14H19NO4. The van der Waals surface area contributed by atoms with Crippen LogP contribution in [-0.2, 0) is 9.59 Å². The summed E-state index contributed by atoms with van der Waals surface area (Å²) in [6, 6.07) is 4.80. The molecule has 1 aromatic carbocycles. The summed E-state index contributed by atoms with van der Waals surface area (Å²) in [4.78, 5) is 22.3. The highest BCUT2D eigenvalue weighted by Gasteiger charge is 2.17. The fourth-order valence-corrected chi connectivity index (χ4v) is 1.74. The molecular weight excluding hydrogens is 246 g/mol. The number of carbonyl (C=O) groups excluding carboxylic acids is 1. The Morgan fingerprint density at radius 2 is 1.84 bits per heavy atom. The van der Waals surface area contributed by atoms with Crippen LogP contribution in [0.4, 0.5) is 0 Å². The Labute approximate surface area is 112 Å². The summed E-state index contributed by atoms with van der Waals surface area (Å²) in [6.07, 6.45) is 0.338. The highest BCUT2D eigenvalue weighted by atomic mass is 16.5. The van der Waals surface area contributed by atoms with E-state index in [9.17, 15) is 9.59 Å². The fraction of sp³-hybridized carbons (Fsp3) is 0.429. The first-order valence-corrected chi connectivity index (χ1v) is 6.15. The maximum atomic E-state index is 11.6. The Hall–Kier alpha value is -2.04. The first kappa shape index (κ1) is 15.0. The van der Waals surface area contributed by atoms with Crippen molar-refractivity contribution in [3.63, 3.8) is 0 Å². The summed E-state index contributed by atoms with van der Waals surface area (Å²) < 4.78 is 5.35. The molecule has 0 heterocycles. The predicted molar refractivity (Wildman–Crippen MR) is 71.3 cm³/mol. The lowest BCUT2D eigenvalue weighted by molar-refractivity contribution is -0.142. The van der Waals surface area contributed by atoms with Crippen molar-refractivity contribution in [2.75, 3.05) is 6.61 Å². The molecule has 0 saturated heterocycles. The van der Waals surface area contributed by atoms with Gasteiger partial charge in [-0.15, -0.1) is 0 Å². The van der Waals surface area contributed by atoms with Crippen LogP contribution < -0.4 is 10.1 Å². The Bertz CT molecular complexity index is 450. The number of amides is 1. The number of carboxylic acid groups (broad SMARTS) is 1. The third-order valence-corrected chi connectivity index (χ3v) is 2.61. The lowest BCUT2D eigenvalue weighted by atomic mass is 10.1. The van der Waals surface area contributed by atoms with Crippen LogP contribution in [0, 0.1) is 13.8 Å². The van der Waals surface area contributed by atoms with Gasteiger partial charge in [0.1, 0.15) is 11.8 Å². The Balaban J connectivity index is 2.52. The van der Waals surface area contributed by atoms with Gasteiger partial charge in [-0.05, 0) is 43.5 Å². The molecule has 0 aromatic heterocycles. The van der Waals surface area contributed by atoms with Gasteiger partial charge in [-0.3, -0.25) is 4.79 Å². The number of carboxylic acids is 1. The number of hydrogen-bond acceptors (Lipinski definition) is 3. The highest BCUT2D eigenvalue weighted by molar-refractivity contribution is 5.84. The monoisotopic (exact) mass is 265 g/mol. The topological polar surface area (TPSA) is 75.6 Å². The van der Waals surface area contributed by atoms with Crippen LogP contribution in [0.1, 0.15) is 24.5 Å². The van der Waals surface area contributed by atoms with Crippen molar-refractivity contribution in [3.8, 4) is 5.75 Å². The minimum atomic E-state index is -1.04. The maximum absolute atomic E-state index is 11.6. The van der Waals surface area contributed by atoms with E-state index in [4.69, 9.17) is 9.84 Å². The van der Waals surface area contributed by atoms with Gasteiger partial charge in [0, 0.05) is 0 Å². The molecule has 1 amide bonds. The van der Waals surface area contributed by atoms with Gasteiger partial charge in [-0.1, -0.05) is 13.0 Å². The number of benzene rings is 1. The molecule has 0 aliphatic rings. The lowest BCUT2D eigenvalue weighted by Crippen LogP contribution is -2.42. The van der Waals surface area contributed by atoms with Gasteiger partial charge in [-0.25, -0.2) is 4.79 Å². The molecule has 1 aromatic rings. The predicted octanol–water partition coefficient (Wildman–Crippen LogP) is 1.66. The molecule has 19 heavy (non-hydrogen) atoms. The van der Waals surface area contributed by atoms with Crippen LogP contribution in [0.3, 0.4) is 0 Å². The molecule has 0 bridgehead atoms. The van der Waals surface area contributed by atoms with E-state index in [1.807, 2.05) is 32.0 Å². The van der Waals surface area contributed by atoms with Crippen LogP contribution in [0.2, 0.25) is 0 Å². The lowest BCUT2D eigenvalue weighted by Gasteiger charge is -2.13. The molecule has 5 nitrogen and oxygen atoms in total. The number of aryl methyl sites for hydroxylation is 2. The van der Waals surface area contributed by atoms with Gasteiger partial charge >= 0.3 is 5.97 Å². The molecule has 0 fully saturated rings. The second-order valence-electron chi connectivity index (χ2n) is 4.48. The van der Waals surface area contributed by atoms with Gasteiger partial charge in [0.05, 0.1) is 0 Å². The summed E-state index contributed by atoms with van der Waals surface area (Å²) >= 11 is 0. The molecule has 1 rings (SSSR count). The van der Waals surface area contributed by atoms with Crippen molar-refractivity contribution in [2.24, 2.45) is 0 Å². The second-order valence-corrected chi connectivity index (χ2v) is 4.48. The molecule has 0 spiro atoms. The first-order valence-electron chi connectivity index (χ1n) is 6.15. The smallest absolute Gasteiger partial charge is 0.326 e. The van der Waals surface area contributed by atoms with Crippen molar-refractivity contribution in [3.05, 3.63) is 29.3 Å². The van der Waals surface area contributed by atoms with Crippen molar-refractivity contribution in [2.45, 2.75) is 33.2 Å². The average Bonchev–Trinajstić information content (AvgIpc) is 2.32. The molecule has 1 unspecified atom stereocenters. The number of nitrogens with one attached hydrogen (secondary N) is 1. The zero-order chi connectivity index (χ0) is 14.4. The Morgan fingerprint density at radius 1 is 1.26 bits per heavy atom. The Kier molecular flexibility index (Phi) is 5.36. The summed E-state index contributed by atoms with van der Waals surface area (Å²) in [6.45, 7) is 5.39. The molecule has 0 aliphatic heterocycles. The largest absolute Gasteiger partial charge is 0.484 e. The summed E-state index contributed by atoms with van der Waals surface area (Å²) in [5.41, 5.74) is 2.10. The van der Waals surface area contributed by atoms with Gasteiger partial charge in [0.15, 0.2) is 6.61 Å². The summed E-state index contributed by atoms with van der Waals surface area (Å²) in [5, 5.41) is 11.2. The molecule has 0 aliphatic carbocycles. The van der Waals surface area contributed by atoms with Gasteiger partial charge < -0.3 is 15.2 Å². The third-order valence-electron chi connectivity index (χ3n) is 2.61. The minimum absolute atomic E-state index is 0.188. The van der Waals surface area contributed by atoms with Crippen molar-refractivity contribution < 1.29 is 19.4 Å². The Morgan fingerprint density at radius 3 is 2.32 bits per heavy atom. The SMILES string of the molecule is CCC(NC(=O)COc1cc(C)cc(C)c1)C(=O)O. The number of ether oxygens (including phenoxy) is 1. The van der Waals surface area contributed by atoms with Crippen molar-refractivity contribution in [1.29, 1.82) is 0 Å². The average molecular weight is 265 g/mol. The van der Waals surface area contributed by atoms with E-state index in [0.717, 1.165) is 11.1 Å². The van der Waals surface area contributed by atoms with Gasteiger partial charge in [-0.2, -0.15) is 0 Å². The molecule has 104 valence electrons. The van der Waals surface area contributed by atoms with E-state index in [2.05, 4.69) is 5.32 Å². The molecule has 2 N–H and O–H groups in total. The number of rotatable bonds is 6. The highest BCUT2D eigenvalue weighted by Crippen LogP contribution is 2.15. The normalized spacial score (nSPS) is 11.7. The first-order chi connectivity index (χ1) is 8.92. The second kappa shape index (κ2) is 6.78. The fourth-order valence-electron chi connectivity index (χ4n) is 1.74. The third kappa shape index (κ3) is 4.99. The van der Waals surface area contributed by atoms with E-state index < -0.39 is 17.9 Å². The van der Waals surface area contributed by atoms with E-state index >= 15 is 0 Å². The van der Waals surface area contributed by atoms with Crippen LogP contribution in [0.5, 0.6) is 5.75 Å². The summed E-state index contributed by atoms with van der Waals surface area (Å²) in [7, 11) is 0. The van der Waals surface area contributed by atoms with Gasteiger partial charge in [0.2, 0.25) is 0 Å². The molecule has 5 heteroatoms. The quantitative estimate of drug-likeness (QED) is 0.820. The number of carbonyl (C=O) groups is 2. The zero-order valence-corrected chi connectivity index (χ0v) is 11.4. The molecule has 1 atom stereocenters. The maximum Gasteiger partial charge on any atom is 0.326 e. The van der Waals surface area contributed by atoms with Crippen molar-refractivity contribution in [1.82, 2.24) is 5.32 Å². The molecule has 0 saturated carbocycles. The minimum Gasteiger partial charge on any atom is -0.484 e. The van der Waals surface area contributed by atoms with Crippen LogP contribution >= 0.6 is 0 Å². The van der Waals surface area contributed by atoms with E-state index in [1.54, 1.807) is 6.92 Å². The van der Waals surface area contributed by atoms with E-state index in [-0.39, 0.29) is 6.61 Å². The van der Waals surface area contributed by atoms with Crippen LogP contribution in [-0.4, -0.2) is 29.6 Å². The van der Waals surface area contributed by atoms with E-state index in [1.165, 1.54) is 0 Å². The standard InChI is InChI=1S/C14H19NO4/c1-4-12(14(17)18)15-13(16)8-19-11-6-9(2)5-10(3)7-11/h5-7,12H,4,8H2,1-3H3,(H,15,16)(H,17,18). The van der Waals surface area contributed by atoms with E-state index in [0.29, 0.717) is 12.2 Å². The summed E-state index contributed by atoms with van der Waals surface area (Å²) in [5.74, 6) is -0.869.